The molecule has 0 spiro atoms. The van der Waals surface area contributed by atoms with Crippen LogP contribution in [0, 0.1) is 6.92 Å². The zero-order valence-electron chi connectivity index (χ0n) is 17.5. The number of nitrogens with one attached hydrogen (secondary N) is 1. The number of anilines is 2. The minimum absolute atomic E-state index is 0.0324. The van der Waals surface area contributed by atoms with E-state index in [0.29, 0.717) is 22.6 Å². The van der Waals surface area contributed by atoms with Gasteiger partial charge in [-0.25, -0.2) is 8.42 Å². The molecule has 32 heavy (non-hydrogen) atoms. The summed E-state index contributed by atoms with van der Waals surface area (Å²) in [6.45, 7) is 3.36. The van der Waals surface area contributed by atoms with Gasteiger partial charge in [0.25, 0.3) is 0 Å². The van der Waals surface area contributed by atoms with E-state index >= 15 is 0 Å². The summed E-state index contributed by atoms with van der Waals surface area (Å²) in [5, 5.41) is 12.1. The van der Waals surface area contributed by atoms with Crippen LogP contribution in [0.15, 0.2) is 63.8 Å². The van der Waals surface area contributed by atoms with Crippen LogP contribution in [0.3, 0.4) is 0 Å². The highest BCUT2D eigenvalue weighted by Gasteiger charge is 2.30. The van der Waals surface area contributed by atoms with E-state index in [0.717, 1.165) is 5.69 Å². The van der Waals surface area contributed by atoms with Crippen LogP contribution in [0.2, 0.25) is 0 Å². The lowest BCUT2D eigenvalue weighted by molar-refractivity contribution is -0.129. The van der Waals surface area contributed by atoms with Gasteiger partial charge in [-0.1, -0.05) is 59.0 Å². The topological polar surface area (TPSA) is 95.5 Å². The molecule has 1 saturated heterocycles. The van der Waals surface area contributed by atoms with E-state index in [9.17, 15) is 13.2 Å². The molecule has 0 saturated carbocycles. The van der Waals surface area contributed by atoms with Crippen molar-refractivity contribution in [3.63, 3.8) is 0 Å². The number of aryl methyl sites for hydroxylation is 1. The fourth-order valence-electron chi connectivity index (χ4n) is 3.21. The van der Waals surface area contributed by atoms with E-state index in [-0.39, 0.29) is 29.6 Å². The number of carbonyl (C=O) groups is 1. The maximum absolute atomic E-state index is 12.7. The van der Waals surface area contributed by atoms with Crippen LogP contribution in [0.4, 0.5) is 10.8 Å². The molecule has 2 heterocycles. The first-order valence-corrected chi connectivity index (χ1v) is 13.3. The molecule has 11 heteroatoms. The summed E-state index contributed by atoms with van der Waals surface area (Å²) >= 11 is 2.73. The standard InChI is InChI=1S/C21H23N5O3S3/c1-16-7-9-17(10-8-16)22-20-23-24-21(31-20)30-15-19(27)25-11-13-26(14-12-25)32(28,29)18-5-3-2-4-6-18/h2-10H,11-15H2,1H3,(H,22,23). The Balaban J connectivity index is 1.26. The number of nitrogens with zero attached hydrogens (tertiary/aromatic N) is 4. The number of sulfonamides is 1. The highest BCUT2D eigenvalue weighted by Crippen LogP contribution is 2.28. The fraction of sp³-hybridized carbons (Fsp3) is 0.286. The van der Waals surface area contributed by atoms with Crippen molar-refractivity contribution in [3.05, 3.63) is 60.2 Å². The molecule has 1 fully saturated rings. The molecule has 8 nitrogen and oxygen atoms in total. The third-order valence-corrected chi connectivity index (χ3v) is 8.87. The number of piperazine rings is 1. The monoisotopic (exact) mass is 489 g/mol. The number of hydrogen-bond acceptors (Lipinski definition) is 8. The van der Waals surface area contributed by atoms with Gasteiger partial charge in [-0.3, -0.25) is 4.79 Å². The van der Waals surface area contributed by atoms with Gasteiger partial charge in [0.15, 0.2) is 4.34 Å². The first kappa shape index (κ1) is 22.7. The van der Waals surface area contributed by atoms with Crippen molar-refractivity contribution in [2.75, 3.05) is 37.2 Å². The highest BCUT2D eigenvalue weighted by molar-refractivity contribution is 8.01. The van der Waals surface area contributed by atoms with Crippen molar-refractivity contribution < 1.29 is 13.2 Å². The van der Waals surface area contributed by atoms with Gasteiger partial charge in [0, 0.05) is 31.9 Å². The largest absolute Gasteiger partial charge is 0.339 e. The van der Waals surface area contributed by atoms with Gasteiger partial charge in [-0.2, -0.15) is 4.31 Å². The lowest BCUT2D eigenvalue weighted by Gasteiger charge is -2.34. The number of carbonyl (C=O) groups excluding carboxylic acids is 1. The second-order valence-corrected chi connectivity index (χ2v) is 11.4. The minimum atomic E-state index is -3.53. The average Bonchev–Trinajstić information content (AvgIpc) is 3.27. The van der Waals surface area contributed by atoms with E-state index in [1.165, 1.54) is 33.0 Å². The van der Waals surface area contributed by atoms with E-state index in [2.05, 4.69) is 15.5 Å². The molecule has 4 rings (SSSR count). The van der Waals surface area contributed by atoms with Crippen LogP contribution < -0.4 is 5.32 Å². The first-order valence-electron chi connectivity index (χ1n) is 10.0. The fourth-order valence-corrected chi connectivity index (χ4v) is 6.33. The van der Waals surface area contributed by atoms with Gasteiger partial charge >= 0.3 is 0 Å². The molecule has 1 aromatic heterocycles. The number of benzene rings is 2. The molecule has 2 aromatic carbocycles. The molecule has 0 atom stereocenters. The highest BCUT2D eigenvalue weighted by atomic mass is 32.2. The molecule has 1 amide bonds. The quantitative estimate of drug-likeness (QED) is 0.509. The van der Waals surface area contributed by atoms with Crippen molar-refractivity contribution in [2.24, 2.45) is 0 Å². The third kappa shape index (κ3) is 5.47. The Morgan fingerprint density at radius 1 is 1.03 bits per heavy atom. The van der Waals surface area contributed by atoms with Gasteiger partial charge in [-0.05, 0) is 31.2 Å². The Bertz CT molecular complexity index is 1160. The molecule has 0 unspecified atom stereocenters. The third-order valence-electron chi connectivity index (χ3n) is 5.00. The Labute approximate surface area is 195 Å². The predicted molar refractivity (Wildman–Crippen MR) is 127 cm³/mol. The summed E-state index contributed by atoms with van der Waals surface area (Å²) in [5.41, 5.74) is 2.11. The normalized spacial score (nSPS) is 15.0. The van der Waals surface area contributed by atoms with Crippen LogP contribution >= 0.6 is 23.1 Å². The summed E-state index contributed by atoms with van der Waals surface area (Å²) < 4.78 is 27.6. The summed E-state index contributed by atoms with van der Waals surface area (Å²) in [7, 11) is -3.53. The lowest BCUT2D eigenvalue weighted by Crippen LogP contribution is -2.50. The number of hydrogen-bond donors (Lipinski definition) is 1. The molecule has 0 aliphatic carbocycles. The molecular weight excluding hydrogens is 466 g/mol. The Morgan fingerprint density at radius 2 is 1.72 bits per heavy atom. The maximum Gasteiger partial charge on any atom is 0.243 e. The summed E-state index contributed by atoms with van der Waals surface area (Å²) in [4.78, 5) is 14.6. The van der Waals surface area contributed by atoms with Crippen LogP contribution in [0.25, 0.3) is 0 Å². The minimum Gasteiger partial charge on any atom is -0.339 e. The second kappa shape index (κ2) is 9.99. The summed E-state index contributed by atoms with van der Waals surface area (Å²) in [6.07, 6.45) is 0. The lowest BCUT2D eigenvalue weighted by atomic mass is 10.2. The Hall–Kier alpha value is -2.47. The van der Waals surface area contributed by atoms with Crippen molar-refractivity contribution in [3.8, 4) is 0 Å². The maximum atomic E-state index is 12.7. The summed E-state index contributed by atoms with van der Waals surface area (Å²) in [5.74, 6) is 0.208. The van der Waals surface area contributed by atoms with Crippen LogP contribution in [0.5, 0.6) is 0 Å². The second-order valence-electron chi connectivity index (χ2n) is 7.25. The van der Waals surface area contributed by atoms with E-state index in [4.69, 9.17) is 0 Å². The van der Waals surface area contributed by atoms with E-state index < -0.39 is 10.0 Å². The number of thioether (sulfide) groups is 1. The molecule has 0 radical (unpaired) electrons. The summed E-state index contributed by atoms with van der Waals surface area (Å²) in [6, 6.07) is 16.4. The SMILES string of the molecule is Cc1ccc(Nc2nnc(SCC(=O)N3CCN(S(=O)(=O)c4ccccc4)CC3)s2)cc1. The van der Waals surface area contributed by atoms with Crippen LogP contribution in [-0.4, -0.2) is 65.7 Å². The number of amides is 1. The van der Waals surface area contributed by atoms with E-state index in [1.807, 2.05) is 31.2 Å². The van der Waals surface area contributed by atoms with Gasteiger partial charge in [0.05, 0.1) is 10.6 Å². The number of aromatic nitrogens is 2. The van der Waals surface area contributed by atoms with E-state index in [1.54, 1.807) is 35.2 Å². The van der Waals surface area contributed by atoms with Crippen molar-refractivity contribution >= 4 is 49.8 Å². The molecular formula is C21H23N5O3S3. The van der Waals surface area contributed by atoms with Gasteiger partial charge in [-0.15, -0.1) is 10.2 Å². The molecule has 168 valence electrons. The van der Waals surface area contributed by atoms with Crippen LogP contribution in [-0.2, 0) is 14.8 Å². The zero-order chi connectivity index (χ0) is 22.6. The smallest absolute Gasteiger partial charge is 0.243 e. The van der Waals surface area contributed by atoms with Gasteiger partial charge < -0.3 is 10.2 Å². The predicted octanol–water partition coefficient (Wildman–Crippen LogP) is 3.22. The van der Waals surface area contributed by atoms with Gasteiger partial charge in [0.1, 0.15) is 0 Å². The average molecular weight is 490 g/mol. The van der Waals surface area contributed by atoms with Crippen molar-refractivity contribution in [2.45, 2.75) is 16.2 Å². The first-order chi connectivity index (χ1) is 15.4. The Morgan fingerprint density at radius 3 is 2.41 bits per heavy atom. The van der Waals surface area contributed by atoms with Crippen molar-refractivity contribution in [1.29, 1.82) is 0 Å². The van der Waals surface area contributed by atoms with Crippen molar-refractivity contribution in [1.82, 2.24) is 19.4 Å². The molecule has 1 aliphatic rings. The van der Waals surface area contributed by atoms with Crippen LogP contribution in [0.1, 0.15) is 5.56 Å². The molecule has 3 aromatic rings. The Kier molecular flexibility index (Phi) is 7.09. The number of rotatable bonds is 7. The molecule has 1 N–H and O–H groups in total. The van der Waals surface area contributed by atoms with Gasteiger partial charge in [0.2, 0.25) is 21.1 Å². The molecule has 0 bridgehead atoms. The molecule has 1 aliphatic heterocycles. The zero-order valence-corrected chi connectivity index (χ0v) is 19.9.